The molecule has 0 unspecified atom stereocenters. The fourth-order valence-corrected chi connectivity index (χ4v) is 6.35. The van der Waals surface area contributed by atoms with E-state index in [0.717, 1.165) is 31.2 Å². The zero-order chi connectivity index (χ0) is 19.5. The van der Waals surface area contributed by atoms with Crippen LogP contribution >= 0.6 is 0 Å². The summed E-state index contributed by atoms with van der Waals surface area (Å²) in [5.74, 6) is 1.11. The topological polar surface area (TPSA) is 108 Å². The average Bonchev–Trinajstić information content (AvgIpc) is 3.50. The van der Waals surface area contributed by atoms with Crippen molar-refractivity contribution in [3.8, 4) is 17.5 Å². The van der Waals surface area contributed by atoms with Gasteiger partial charge in [-0.25, -0.2) is 18.4 Å². The summed E-state index contributed by atoms with van der Waals surface area (Å²) in [6, 6.07) is 2.16. The van der Waals surface area contributed by atoms with E-state index in [0.29, 0.717) is 30.3 Å². The van der Waals surface area contributed by atoms with Gasteiger partial charge < -0.3 is 4.90 Å². The highest BCUT2D eigenvalue weighted by molar-refractivity contribution is 7.90. The van der Waals surface area contributed by atoms with Gasteiger partial charge in [-0.2, -0.15) is 14.7 Å². The summed E-state index contributed by atoms with van der Waals surface area (Å²) in [4.78, 5) is 11.1. The van der Waals surface area contributed by atoms with Gasteiger partial charge in [0.2, 0.25) is 10.0 Å². The molecule has 5 heterocycles. The molecule has 4 fully saturated rings. The Kier molecular flexibility index (Phi) is 3.93. The van der Waals surface area contributed by atoms with Crippen molar-refractivity contribution in [1.82, 2.24) is 24.1 Å². The Morgan fingerprint density at radius 3 is 2.54 bits per heavy atom. The van der Waals surface area contributed by atoms with E-state index in [1.807, 2.05) is 13.2 Å². The minimum atomic E-state index is -3.19. The van der Waals surface area contributed by atoms with Gasteiger partial charge in [0.05, 0.1) is 23.2 Å². The first kappa shape index (κ1) is 17.6. The Morgan fingerprint density at radius 1 is 1.14 bits per heavy atom. The first-order valence-corrected chi connectivity index (χ1v) is 11.0. The summed E-state index contributed by atoms with van der Waals surface area (Å²) in [7, 11) is -1.37. The number of hydrogen-bond donors (Lipinski definition) is 0. The Balaban J connectivity index is 1.48. The van der Waals surface area contributed by atoms with E-state index < -0.39 is 10.0 Å². The number of sulfonamides is 1. The van der Waals surface area contributed by atoms with Crippen molar-refractivity contribution >= 4 is 15.8 Å². The number of piperazine rings is 1. The van der Waals surface area contributed by atoms with E-state index in [9.17, 15) is 13.7 Å². The molecule has 28 heavy (non-hydrogen) atoms. The molecule has 2 atom stereocenters. The maximum Gasteiger partial charge on any atom is 0.217 e. The van der Waals surface area contributed by atoms with Gasteiger partial charge in [0, 0.05) is 38.4 Å². The summed E-state index contributed by atoms with van der Waals surface area (Å²) in [6.45, 7) is 1.04. The molecule has 146 valence electrons. The lowest BCUT2D eigenvalue weighted by Gasteiger charge is -2.51. The molecular weight excluding hydrogens is 378 g/mol. The van der Waals surface area contributed by atoms with Crippen LogP contribution in [0, 0.1) is 11.3 Å². The van der Waals surface area contributed by atoms with Gasteiger partial charge in [-0.1, -0.05) is 0 Å². The van der Waals surface area contributed by atoms with Crippen LogP contribution in [-0.4, -0.2) is 62.9 Å². The van der Waals surface area contributed by atoms with Crippen molar-refractivity contribution in [3.05, 3.63) is 24.2 Å². The van der Waals surface area contributed by atoms with Gasteiger partial charge in [0.1, 0.15) is 11.6 Å². The number of nitrogens with zero attached hydrogens (tertiary/aromatic N) is 7. The van der Waals surface area contributed by atoms with Crippen LogP contribution in [0.25, 0.3) is 11.4 Å². The molecule has 9 nitrogen and oxygen atoms in total. The van der Waals surface area contributed by atoms with Crippen LogP contribution in [-0.2, 0) is 17.1 Å². The third kappa shape index (κ3) is 2.77. The summed E-state index contributed by atoms with van der Waals surface area (Å²) < 4.78 is 28.9. The zero-order valence-corrected chi connectivity index (χ0v) is 16.4. The minimum Gasteiger partial charge on any atom is -0.349 e. The second-order valence-corrected chi connectivity index (χ2v) is 9.96. The fraction of sp³-hybridized carbons (Fsp3) is 0.556. The van der Waals surface area contributed by atoms with Crippen LogP contribution in [0.15, 0.2) is 18.6 Å². The van der Waals surface area contributed by atoms with Crippen LogP contribution in [0.5, 0.6) is 0 Å². The van der Waals surface area contributed by atoms with Gasteiger partial charge in [-0.05, 0) is 25.7 Å². The number of fused-ring (bicyclic) bond motifs is 3. The van der Waals surface area contributed by atoms with Crippen molar-refractivity contribution in [1.29, 1.82) is 5.26 Å². The number of aryl methyl sites for hydroxylation is 1. The Morgan fingerprint density at radius 2 is 1.93 bits per heavy atom. The smallest absolute Gasteiger partial charge is 0.217 e. The molecule has 2 aromatic heterocycles. The van der Waals surface area contributed by atoms with Gasteiger partial charge in [0.25, 0.3) is 0 Å². The zero-order valence-electron chi connectivity index (χ0n) is 15.6. The summed E-state index contributed by atoms with van der Waals surface area (Å²) in [6.07, 6.45) is 8.38. The highest BCUT2D eigenvalue weighted by Gasteiger charge is 2.49. The Hall–Kier alpha value is -2.51. The number of rotatable bonds is 4. The second kappa shape index (κ2) is 6.25. The molecule has 0 aromatic carbocycles. The third-order valence-electron chi connectivity index (χ3n) is 5.88. The van der Waals surface area contributed by atoms with Crippen LogP contribution in [0.3, 0.4) is 0 Å². The van der Waals surface area contributed by atoms with E-state index in [-0.39, 0.29) is 17.3 Å². The number of hydrogen-bond acceptors (Lipinski definition) is 7. The van der Waals surface area contributed by atoms with Crippen molar-refractivity contribution < 1.29 is 8.42 Å². The highest BCUT2D eigenvalue weighted by atomic mass is 32.2. The minimum absolute atomic E-state index is 0.0299. The average molecular weight is 399 g/mol. The van der Waals surface area contributed by atoms with E-state index in [2.05, 4.69) is 26.0 Å². The Labute approximate surface area is 163 Å². The van der Waals surface area contributed by atoms with Crippen LogP contribution < -0.4 is 4.90 Å². The largest absolute Gasteiger partial charge is 0.349 e. The van der Waals surface area contributed by atoms with Crippen LogP contribution in [0.2, 0.25) is 0 Å². The molecule has 0 spiro atoms. The molecule has 0 amide bonds. The fourth-order valence-electron chi connectivity index (χ4n) is 4.26. The quantitative estimate of drug-likeness (QED) is 0.751. The van der Waals surface area contributed by atoms with Crippen molar-refractivity contribution in [2.75, 3.05) is 18.0 Å². The summed E-state index contributed by atoms with van der Waals surface area (Å²) in [5.41, 5.74) is 1.20. The lowest BCUT2D eigenvalue weighted by atomic mass is 9.92. The third-order valence-corrected chi connectivity index (χ3v) is 8.29. The maximum absolute atomic E-state index is 12.8. The summed E-state index contributed by atoms with van der Waals surface area (Å²) >= 11 is 0. The summed E-state index contributed by atoms with van der Waals surface area (Å²) in [5, 5.41) is 13.5. The normalized spacial score (nSPS) is 25.1. The van der Waals surface area contributed by atoms with Crippen LogP contribution in [0.1, 0.15) is 31.2 Å². The molecule has 3 aliphatic heterocycles. The molecule has 1 aliphatic carbocycles. The molecule has 2 bridgehead atoms. The van der Waals surface area contributed by atoms with Gasteiger partial charge in [0.15, 0.2) is 11.6 Å². The van der Waals surface area contributed by atoms with E-state index in [1.165, 1.54) is 0 Å². The monoisotopic (exact) mass is 399 g/mol. The SMILES string of the molecule is Cn1cc(-c2ncc(C#N)c(N3C[C@@H]4CC[C@H]3CN4S(=O)(=O)C3CC3)n2)cn1. The molecule has 0 N–H and O–H groups in total. The van der Waals surface area contributed by atoms with Crippen LogP contribution in [0.4, 0.5) is 5.82 Å². The lowest BCUT2D eigenvalue weighted by Crippen LogP contribution is -2.64. The maximum atomic E-state index is 12.8. The molecule has 2 aromatic rings. The van der Waals surface area contributed by atoms with E-state index in [4.69, 9.17) is 0 Å². The van der Waals surface area contributed by atoms with Gasteiger partial charge >= 0.3 is 0 Å². The molecule has 6 rings (SSSR count). The first-order valence-electron chi connectivity index (χ1n) is 9.51. The molecule has 4 aliphatic rings. The van der Waals surface area contributed by atoms with Crippen molar-refractivity contribution in [3.63, 3.8) is 0 Å². The van der Waals surface area contributed by atoms with Crippen molar-refractivity contribution in [2.24, 2.45) is 7.05 Å². The highest BCUT2D eigenvalue weighted by Crippen LogP contribution is 2.39. The molecule has 0 radical (unpaired) electrons. The number of nitriles is 1. The van der Waals surface area contributed by atoms with Gasteiger partial charge in [-0.3, -0.25) is 4.68 Å². The molecular formula is C18H21N7O2S. The Bertz CT molecular complexity index is 1070. The first-order chi connectivity index (χ1) is 13.5. The van der Waals surface area contributed by atoms with Gasteiger partial charge in [-0.15, -0.1) is 0 Å². The lowest BCUT2D eigenvalue weighted by molar-refractivity contribution is 0.179. The number of piperidine rings is 2. The number of aromatic nitrogens is 4. The number of anilines is 1. The molecule has 3 saturated heterocycles. The van der Waals surface area contributed by atoms with Crippen molar-refractivity contribution in [2.45, 2.75) is 43.0 Å². The standard InChI is InChI=1S/C18H21N7O2S/c1-23-9-13(8-21-23)17-20-7-12(6-19)18(22-17)24-10-15-3-2-14(24)11-25(15)28(26,27)16-4-5-16/h7-9,14-16H,2-5,10-11H2,1H3/t14-,15-/m0/s1. The predicted molar refractivity (Wildman–Crippen MR) is 102 cm³/mol. The predicted octanol–water partition coefficient (Wildman–Crippen LogP) is 0.894. The second-order valence-electron chi connectivity index (χ2n) is 7.80. The molecule has 10 heteroatoms. The van der Waals surface area contributed by atoms with E-state index >= 15 is 0 Å². The van der Waals surface area contributed by atoms with E-state index in [1.54, 1.807) is 21.4 Å². The molecule has 1 saturated carbocycles.